The number of esters is 1. The van der Waals surface area contributed by atoms with Crippen LogP contribution in [0.2, 0.25) is 0 Å². The standard InChI is InChI=1S/C19H21N5O3/c1-27-17(25)9-3-13-2-8-16(22-12-13)24-11-10-23(19(24)26)15-6-4-14(5-7-15)18(20)21/h2,4-8,12H,3,9-11H2,1H3,(H3,20,21). The van der Waals surface area contributed by atoms with Crippen molar-refractivity contribution in [2.75, 3.05) is 30.0 Å². The highest BCUT2D eigenvalue weighted by Crippen LogP contribution is 2.24. The van der Waals surface area contributed by atoms with Crippen molar-refractivity contribution < 1.29 is 14.3 Å². The number of nitrogens with two attached hydrogens (primary N) is 1. The second kappa shape index (κ2) is 7.86. The zero-order valence-electron chi connectivity index (χ0n) is 15.0. The summed E-state index contributed by atoms with van der Waals surface area (Å²) in [5, 5.41) is 7.44. The lowest BCUT2D eigenvalue weighted by molar-refractivity contribution is -0.140. The summed E-state index contributed by atoms with van der Waals surface area (Å²) in [4.78, 5) is 31.6. The van der Waals surface area contributed by atoms with Gasteiger partial charge in [-0.2, -0.15) is 0 Å². The highest BCUT2D eigenvalue weighted by Gasteiger charge is 2.31. The van der Waals surface area contributed by atoms with Crippen molar-refractivity contribution in [2.24, 2.45) is 5.73 Å². The first kappa shape index (κ1) is 18.4. The quantitative estimate of drug-likeness (QED) is 0.460. The van der Waals surface area contributed by atoms with E-state index in [2.05, 4.69) is 9.72 Å². The van der Waals surface area contributed by atoms with Crippen molar-refractivity contribution in [3.8, 4) is 0 Å². The molecule has 1 saturated heterocycles. The van der Waals surface area contributed by atoms with Gasteiger partial charge in [-0.25, -0.2) is 9.78 Å². The Balaban J connectivity index is 1.67. The molecule has 1 aliphatic rings. The molecule has 1 fully saturated rings. The number of nitrogens with one attached hydrogen (secondary N) is 1. The summed E-state index contributed by atoms with van der Waals surface area (Å²) in [6.07, 6.45) is 2.52. The number of hydrogen-bond donors (Lipinski definition) is 2. The van der Waals surface area contributed by atoms with Gasteiger partial charge >= 0.3 is 12.0 Å². The molecule has 140 valence electrons. The van der Waals surface area contributed by atoms with Gasteiger partial charge in [-0.05, 0) is 42.3 Å². The van der Waals surface area contributed by atoms with Gasteiger partial charge in [0.1, 0.15) is 11.7 Å². The number of aryl methyl sites for hydroxylation is 1. The Hall–Kier alpha value is -3.42. The summed E-state index contributed by atoms with van der Waals surface area (Å²) in [6.45, 7) is 1.08. The van der Waals surface area contributed by atoms with Crippen molar-refractivity contribution in [1.82, 2.24) is 4.98 Å². The Morgan fingerprint density at radius 1 is 1.19 bits per heavy atom. The van der Waals surface area contributed by atoms with E-state index in [9.17, 15) is 9.59 Å². The largest absolute Gasteiger partial charge is 0.469 e. The number of rotatable bonds is 6. The molecular formula is C19H21N5O3. The summed E-state index contributed by atoms with van der Waals surface area (Å²) in [5.74, 6) is 0.303. The number of aromatic nitrogens is 1. The fourth-order valence-corrected chi connectivity index (χ4v) is 2.88. The molecule has 8 heteroatoms. The molecule has 3 rings (SSSR count). The summed E-state index contributed by atoms with van der Waals surface area (Å²) < 4.78 is 4.63. The van der Waals surface area contributed by atoms with Gasteiger partial charge in [0.25, 0.3) is 0 Å². The van der Waals surface area contributed by atoms with E-state index in [1.54, 1.807) is 46.3 Å². The summed E-state index contributed by atoms with van der Waals surface area (Å²) in [6, 6.07) is 10.5. The molecule has 2 aromatic rings. The number of carbonyl (C=O) groups excluding carboxylic acids is 2. The summed E-state index contributed by atoms with van der Waals surface area (Å²) in [5.41, 5.74) is 7.74. The number of hydrogen-bond acceptors (Lipinski definition) is 5. The van der Waals surface area contributed by atoms with Crippen LogP contribution in [0.25, 0.3) is 0 Å². The molecule has 3 N–H and O–H groups in total. The minimum Gasteiger partial charge on any atom is -0.469 e. The third-order valence-corrected chi connectivity index (χ3v) is 4.43. The Bertz CT molecular complexity index is 849. The first-order valence-corrected chi connectivity index (χ1v) is 8.55. The van der Waals surface area contributed by atoms with Crippen LogP contribution in [0.3, 0.4) is 0 Å². The third kappa shape index (κ3) is 4.05. The van der Waals surface area contributed by atoms with Crippen molar-refractivity contribution in [2.45, 2.75) is 12.8 Å². The number of methoxy groups -OCH3 is 1. The molecular weight excluding hydrogens is 346 g/mol. The number of nitrogen functional groups attached to an aromatic ring is 1. The van der Waals surface area contributed by atoms with Crippen LogP contribution >= 0.6 is 0 Å². The first-order chi connectivity index (χ1) is 13.0. The molecule has 0 spiro atoms. The van der Waals surface area contributed by atoms with Crippen LogP contribution in [0.1, 0.15) is 17.5 Å². The molecule has 1 aromatic carbocycles. The van der Waals surface area contributed by atoms with Gasteiger partial charge in [0.05, 0.1) is 7.11 Å². The van der Waals surface area contributed by atoms with Crippen LogP contribution in [0.5, 0.6) is 0 Å². The normalized spacial score (nSPS) is 13.7. The average Bonchev–Trinajstić information content (AvgIpc) is 3.08. The van der Waals surface area contributed by atoms with E-state index in [4.69, 9.17) is 11.1 Å². The van der Waals surface area contributed by atoms with Crippen LogP contribution in [-0.4, -0.2) is 43.0 Å². The van der Waals surface area contributed by atoms with E-state index in [0.717, 1.165) is 11.3 Å². The highest BCUT2D eigenvalue weighted by molar-refractivity contribution is 6.05. The summed E-state index contributed by atoms with van der Waals surface area (Å²) >= 11 is 0. The molecule has 0 aliphatic carbocycles. The number of urea groups is 1. The van der Waals surface area contributed by atoms with Crippen LogP contribution in [0, 0.1) is 5.41 Å². The monoisotopic (exact) mass is 367 g/mol. The van der Waals surface area contributed by atoms with Gasteiger partial charge in [0, 0.05) is 37.0 Å². The maximum Gasteiger partial charge on any atom is 0.330 e. The smallest absolute Gasteiger partial charge is 0.330 e. The molecule has 8 nitrogen and oxygen atoms in total. The fourth-order valence-electron chi connectivity index (χ4n) is 2.88. The topological polar surface area (TPSA) is 113 Å². The minimum absolute atomic E-state index is 0.00702. The number of amidine groups is 1. The van der Waals surface area contributed by atoms with Crippen LogP contribution in [-0.2, 0) is 16.0 Å². The Morgan fingerprint density at radius 2 is 1.89 bits per heavy atom. The van der Waals surface area contributed by atoms with E-state index >= 15 is 0 Å². The van der Waals surface area contributed by atoms with Gasteiger partial charge in [-0.3, -0.25) is 20.0 Å². The number of amides is 2. The second-order valence-corrected chi connectivity index (χ2v) is 6.15. The lowest BCUT2D eigenvalue weighted by Gasteiger charge is -2.18. The van der Waals surface area contributed by atoms with Crippen molar-refractivity contribution in [3.05, 3.63) is 53.7 Å². The van der Waals surface area contributed by atoms with E-state index < -0.39 is 0 Å². The van der Waals surface area contributed by atoms with E-state index in [0.29, 0.717) is 37.3 Å². The van der Waals surface area contributed by atoms with Gasteiger partial charge in [-0.1, -0.05) is 6.07 Å². The van der Waals surface area contributed by atoms with Crippen molar-refractivity contribution in [3.63, 3.8) is 0 Å². The molecule has 2 heterocycles. The molecule has 27 heavy (non-hydrogen) atoms. The lowest BCUT2D eigenvalue weighted by atomic mass is 10.1. The van der Waals surface area contributed by atoms with Crippen LogP contribution in [0.4, 0.5) is 16.3 Å². The SMILES string of the molecule is COC(=O)CCc1ccc(N2CCN(c3ccc(C(=N)N)cc3)C2=O)nc1. The fraction of sp³-hybridized carbons (Fsp3) is 0.263. The molecule has 0 radical (unpaired) electrons. The summed E-state index contributed by atoms with van der Waals surface area (Å²) in [7, 11) is 1.36. The van der Waals surface area contributed by atoms with Gasteiger partial charge in [0.15, 0.2) is 0 Å². The predicted octanol–water partition coefficient (Wildman–Crippen LogP) is 1.92. The molecule has 0 atom stereocenters. The second-order valence-electron chi connectivity index (χ2n) is 6.15. The Morgan fingerprint density at radius 3 is 2.48 bits per heavy atom. The van der Waals surface area contributed by atoms with Crippen molar-refractivity contribution in [1.29, 1.82) is 5.41 Å². The number of ether oxygens (including phenoxy) is 1. The van der Waals surface area contributed by atoms with E-state index in [1.807, 2.05) is 6.07 Å². The Labute approximate surface area is 157 Å². The maximum atomic E-state index is 12.7. The van der Waals surface area contributed by atoms with Gasteiger partial charge < -0.3 is 10.5 Å². The number of pyridine rings is 1. The number of anilines is 2. The van der Waals surface area contributed by atoms with E-state index in [-0.39, 0.29) is 17.8 Å². The molecule has 0 unspecified atom stereocenters. The number of carbonyl (C=O) groups is 2. The maximum absolute atomic E-state index is 12.7. The average molecular weight is 367 g/mol. The molecule has 1 aromatic heterocycles. The van der Waals surface area contributed by atoms with E-state index in [1.165, 1.54) is 7.11 Å². The third-order valence-electron chi connectivity index (χ3n) is 4.43. The predicted molar refractivity (Wildman–Crippen MR) is 102 cm³/mol. The molecule has 0 saturated carbocycles. The first-order valence-electron chi connectivity index (χ1n) is 8.55. The number of nitrogens with zero attached hydrogens (tertiary/aromatic N) is 3. The lowest BCUT2D eigenvalue weighted by Crippen LogP contribution is -2.32. The minimum atomic E-state index is -0.264. The molecule has 0 bridgehead atoms. The van der Waals surface area contributed by atoms with Crippen LogP contribution in [0.15, 0.2) is 42.6 Å². The van der Waals surface area contributed by atoms with Crippen molar-refractivity contribution >= 4 is 29.3 Å². The zero-order valence-corrected chi connectivity index (χ0v) is 15.0. The highest BCUT2D eigenvalue weighted by atomic mass is 16.5. The van der Waals surface area contributed by atoms with Gasteiger partial charge in [0.2, 0.25) is 0 Å². The number of benzene rings is 1. The molecule has 2 amide bonds. The zero-order chi connectivity index (χ0) is 19.4. The van der Waals surface area contributed by atoms with Gasteiger partial charge in [-0.15, -0.1) is 0 Å². The molecule has 1 aliphatic heterocycles. The Kier molecular flexibility index (Phi) is 5.35. The van der Waals surface area contributed by atoms with Crippen LogP contribution < -0.4 is 15.5 Å².